The molecule has 1 rings (SSSR count). The van der Waals surface area contributed by atoms with Crippen molar-refractivity contribution in [1.29, 1.82) is 0 Å². The molecule has 0 aromatic heterocycles. The lowest BCUT2D eigenvalue weighted by atomic mass is 10.0. The number of hydrogen-bond donors (Lipinski definition) is 7. The van der Waals surface area contributed by atoms with E-state index in [1.54, 1.807) is 26.0 Å². The summed E-state index contributed by atoms with van der Waals surface area (Å²) in [5.41, 5.74) is 6.32. The molecule has 33 heavy (non-hydrogen) atoms. The minimum absolute atomic E-state index is 0.00875. The van der Waals surface area contributed by atoms with Crippen LogP contribution in [0.1, 0.15) is 32.3 Å². The summed E-state index contributed by atoms with van der Waals surface area (Å²) in [4.78, 5) is 59.2. The van der Waals surface area contributed by atoms with Crippen molar-refractivity contribution in [2.45, 2.75) is 51.2 Å². The molecule has 0 bridgehead atoms. The Labute approximate surface area is 190 Å². The van der Waals surface area contributed by atoms with Crippen LogP contribution in [0.2, 0.25) is 0 Å². The molecule has 0 aliphatic heterocycles. The van der Waals surface area contributed by atoms with Crippen LogP contribution in [0, 0.1) is 5.92 Å². The maximum absolute atomic E-state index is 13.0. The standard InChI is InChI=1S/C21H30N4O8/c1-11(2)18(21(33)23-10-17(29)30)25-20(32)15(9-12-3-5-13(26)6-4-12)24-19(31)14(22)7-8-16(27)28/h3-6,11,14-15,18,26H,7-10,22H2,1-2H3,(H,23,33)(H,24,31)(H,25,32)(H,27,28)(H,29,30). The van der Waals surface area contributed by atoms with Gasteiger partial charge in [0.1, 0.15) is 24.4 Å². The van der Waals surface area contributed by atoms with Gasteiger partial charge in [0.15, 0.2) is 0 Å². The molecule has 0 radical (unpaired) electrons. The summed E-state index contributed by atoms with van der Waals surface area (Å²) >= 11 is 0. The van der Waals surface area contributed by atoms with E-state index < -0.39 is 60.2 Å². The summed E-state index contributed by atoms with van der Waals surface area (Å²) in [5.74, 6) is -4.92. The number of phenols is 1. The quantitative estimate of drug-likeness (QED) is 0.189. The average Bonchev–Trinajstić information content (AvgIpc) is 2.74. The predicted octanol–water partition coefficient (Wildman–Crippen LogP) is -1.05. The Kier molecular flexibility index (Phi) is 10.8. The number of carboxylic acid groups (broad SMARTS) is 2. The first-order valence-electron chi connectivity index (χ1n) is 10.3. The largest absolute Gasteiger partial charge is 0.508 e. The highest BCUT2D eigenvalue weighted by molar-refractivity contribution is 5.94. The van der Waals surface area contributed by atoms with Crippen LogP contribution in [-0.4, -0.2) is 69.7 Å². The van der Waals surface area contributed by atoms with Crippen LogP contribution >= 0.6 is 0 Å². The van der Waals surface area contributed by atoms with Crippen LogP contribution in [0.15, 0.2) is 24.3 Å². The van der Waals surface area contributed by atoms with Crippen LogP contribution in [0.25, 0.3) is 0 Å². The number of phenolic OH excluding ortho intramolecular Hbond substituents is 1. The summed E-state index contributed by atoms with van der Waals surface area (Å²) in [6.45, 7) is 2.69. The summed E-state index contributed by atoms with van der Waals surface area (Å²) in [7, 11) is 0. The highest BCUT2D eigenvalue weighted by Gasteiger charge is 2.30. The third-order valence-electron chi connectivity index (χ3n) is 4.68. The van der Waals surface area contributed by atoms with E-state index in [-0.39, 0.29) is 25.0 Å². The molecule has 3 atom stereocenters. The molecule has 1 aromatic carbocycles. The molecular formula is C21H30N4O8. The molecule has 8 N–H and O–H groups in total. The van der Waals surface area contributed by atoms with Gasteiger partial charge in [0.25, 0.3) is 0 Å². The normalized spacial score (nSPS) is 13.5. The van der Waals surface area contributed by atoms with E-state index >= 15 is 0 Å². The number of rotatable bonds is 13. The van der Waals surface area contributed by atoms with Gasteiger partial charge in [-0.3, -0.25) is 24.0 Å². The fourth-order valence-electron chi connectivity index (χ4n) is 2.83. The van der Waals surface area contributed by atoms with Gasteiger partial charge in [0.2, 0.25) is 17.7 Å². The van der Waals surface area contributed by atoms with Crippen molar-refractivity contribution in [2.75, 3.05) is 6.54 Å². The molecule has 0 spiro atoms. The zero-order valence-electron chi connectivity index (χ0n) is 18.4. The Hall–Kier alpha value is -3.67. The first kappa shape index (κ1) is 27.4. The van der Waals surface area contributed by atoms with Gasteiger partial charge in [-0.15, -0.1) is 0 Å². The molecule has 182 valence electrons. The van der Waals surface area contributed by atoms with Gasteiger partial charge in [0.05, 0.1) is 6.04 Å². The molecule has 0 saturated carbocycles. The third-order valence-corrected chi connectivity index (χ3v) is 4.68. The van der Waals surface area contributed by atoms with Gasteiger partial charge in [-0.05, 0) is 30.0 Å². The number of carbonyl (C=O) groups excluding carboxylic acids is 3. The molecule has 0 heterocycles. The van der Waals surface area contributed by atoms with E-state index in [9.17, 15) is 29.1 Å². The number of carbonyl (C=O) groups is 5. The van der Waals surface area contributed by atoms with Crippen molar-refractivity contribution < 1.29 is 39.3 Å². The summed E-state index contributed by atoms with van der Waals surface area (Å²) < 4.78 is 0. The Balaban J connectivity index is 3.01. The number of benzene rings is 1. The third kappa shape index (κ3) is 9.99. The van der Waals surface area contributed by atoms with Gasteiger partial charge in [-0.1, -0.05) is 26.0 Å². The van der Waals surface area contributed by atoms with Crippen molar-refractivity contribution in [3.8, 4) is 5.75 Å². The number of amides is 3. The SMILES string of the molecule is CC(C)C(NC(=O)C(Cc1ccc(O)cc1)NC(=O)C(N)CCC(=O)O)C(=O)NCC(=O)O. The number of aliphatic carboxylic acids is 2. The van der Waals surface area contributed by atoms with Gasteiger partial charge in [-0.2, -0.15) is 0 Å². The summed E-state index contributed by atoms with van der Waals surface area (Å²) in [6, 6.07) is 2.48. The number of nitrogens with one attached hydrogen (secondary N) is 3. The van der Waals surface area contributed by atoms with E-state index in [4.69, 9.17) is 15.9 Å². The second kappa shape index (κ2) is 13.0. The second-order valence-corrected chi connectivity index (χ2v) is 7.81. The molecule has 1 aromatic rings. The highest BCUT2D eigenvalue weighted by atomic mass is 16.4. The maximum Gasteiger partial charge on any atom is 0.322 e. The fraction of sp³-hybridized carbons (Fsp3) is 0.476. The van der Waals surface area contributed by atoms with Crippen LogP contribution in [-0.2, 0) is 30.4 Å². The number of nitrogens with two attached hydrogens (primary N) is 1. The van der Waals surface area contributed by atoms with E-state index in [0.717, 1.165) is 0 Å². The van der Waals surface area contributed by atoms with Crippen molar-refractivity contribution in [1.82, 2.24) is 16.0 Å². The zero-order valence-corrected chi connectivity index (χ0v) is 18.4. The average molecular weight is 466 g/mol. The minimum Gasteiger partial charge on any atom is -0.508 e. The number of carboxylic acids is 2. The fourth-order valence-corrected chi connectivity index (χ4v) is 2.83. The highest BCUT2D eigenvalue weighted by Crippen LogP contribution is 2.12. The summed E-state index contributed by atoms with van der Waals surface area (Å²) in [6.07, 6.45) is -0.478. The molecule has 3 amide bonds. The molecule has 12 nitrogen and oxygen atoms in total. The molecule has 0 aliphatic carbocycles. The Morgan fingerprint density at radius 3 is 2.03 bits per heavy atom. The van der Waals surface area contributed by atoms with E-state index in [0.29, 0.717) is 5.56 Å². The summed E-state index contributed by atoms with van der Waals surface area (Å²) in [5, 5.41) is 34.2. The molecule has 3 unspecified atom stereocenters. The monoisotopic (exact) mass is 466 g/mol. The lowest BCUT2D eigenvalue weighted by Gasteiger charge is -2.26. The molecule has 0 aliphatic rings. The van der Waals surface area contributed by atoms with Crippen LogP contribution in [0.4, 0.5) is 0 Å². The topological polar surface area (TPSA) is 208 Å². The predicted molar refractivity (Wildman–Crippen MR) is 116 cm³/mol. The van der Waals surface area contributed by atoms with Crippen molar-refractivity contribution in [3.63, 3.8) is 0 Å². The Bertz CT molecular complexity index is 856. The van der Waals surface area contributed by atoms with Crippen LogP contribution in [0.5, 0.6) is 5.75 Å². The van der Waals surface area contributed by atoms with Gasteiger partial charge < -0.3 is 37.0 Å². The van der Waals surface area contributed by atoms with E-state index in [2.05, 4.69) is 16.0 Å². The lowest BCUT2D eigenvalue weighted by molar-refractivity contribution is -0.139. The van der Waals surface area contributed by atoms with Gasteiger partial charge in [-0.25, -0.2) is 0 Å². The molecular weight excluding hydrogens is 436 g/mol. The molecule has 0 saturated heterocycles. The first-order chi connectivity index (χ1) is 15.4. The Morgan fingerprint density at radius 1 is 0.909 bits per heavy atom. The van der Waals surface area contributed by atoms with E-state index in [1.165, 1.54) is 12.1 Å². The van der Waals surface area contributed by atoms with Gasteiger partial charge in [0, 0.05) is 12.8 Å². The van der Waals surface area contributed by atoms with Crippen LogP contribution < -0.4 is 21.7 Å². The van der Waals surface area contributed by atoms with Crippen LogP contribution in [0.3, 0.4) is 0 Å². The van der Waals surface area contributed by atoms with Gasteiger partial charge >= 0.3 is 11.9 Å². The maximum atomic E-state index is 13.0. The molecule has 12 heteroatoms. The second-order valence-electron chi connectivity index (χ2n) is 7.81. The number of hydrogen-bond acceptors (Lipinski definition) is 7. The number of aromatic hydroxyl groups is 1. The molecule has 0 fully saturated rings. The van der Waals surface area contributed by atoms with Crippen molar-refractivity contribution in [3.05, 3.63) is 29.8 Å². The first-order valence-corrected chi connectivity index (χ1v) is 10.3. The van der Waals surface area contributed by atoms with E-state index in [1.807, 2.05) is 0 Å². The zero-order chi connectivity index (χ0) is 25.1. The minimum atomic E-state index is -1.25. The Morgan fingerprint density at radius 2 is 1.52 bits per heavy atom. The smallest absolute Gasteiger partial charge is 0.322 e. The lowest BCUT2D eigenvalue weighted by Crippen LogP contribution is -2.57. The van der Waals surface area contributed by atoms with Crippen molar-refractivity contribution in [2.24, 2.45) is 11.7 Å². The van der Waals surface area contributed by atoms with Crippen molar-refractivity contribution >= 4 is 29.7 Å².